The van der Waals surface area contributed by atoms with E-state index in [-0.39, 0.29) is 0 Å². The molecule has 0 aliphatic heterocycles. The monoisotopic (exact) mass is 403 g/mol. The van der Waals surface area contributed by atoms with E-state index in [9.17, 15) is 0 Å². The number of rotatable bonds is 2. The Hall–Kier alpha value is -3.85. The second-order valence-corrected chi connectivity index (χ2v) is 8.24. The van der Waals surface area contributed by atoms with Crippen LogP contribution >= 0.6 is 0 Å². The van der Waals surface area contributed by atoms with Crippen molar-refractivity contribution in [2.75, 3.05) is 0 Å². The van der Waals surface area contributed by atoms with Gasteiger partial charge in [0.25, 0.3) is 5.69 Å². The van der Waals surface area contributed by atoms with Crippen LogP contribution in [0.4, 0.5) is 0 Å². The zero-order valence-corrected chi connectivity index (χ0v) is 17.9. The molecule has 3 aromatic carbocycles. The molecule has 0 bridgehead atoms. The number of aromatic nitrogens is 2. The van der Waals surface area contributed by atoms with Crippen LogP contribution in [0.3, 0.4) is 0 Å². The van der Waals surface area contributed by atoms with Crippen LogP contribution in [0, 0.1) is 6.92 Å². The van der Waals surface area contributed by atoms with Crippen LogP contribution in [0.5, 0.6) is 0 Å². The molecule has 0 N–H and O–H groups in total. The van der Waals surface area contributed by atoms with Gasteiger partial charge < -0.3 is 8.98 Å². The minimum atomic E-state index is 0.924. The molecule has 0 fully saturated rings. The molecule has 3 heteroatoms. The Labute approximate surface area is 180 Å². The Bertz CT molecular complexity index is 1620. The lowest BCUT2D eigenvalue weighted by Crippen LogP contribution is -2.30. The van der Waals surface area contributed by atoms with Crippen LogP contribution in [0.15, 0.2) is 89.5 Å². The van der Waals surface area contributed by atoms with Crippen LogP contribution in [0.1, 0.15) is 5.56 Å². The van der Waals surface area contributed by atoms with Crippen LogP contribution in [-0.4, -0.2) is 4.57 Å². The van der Waals surface area contributed by atoms with Crippen molar-refractivity contribution in [1.82, 2.24) is 4.57 Å². The molecule has 31 heavy (non-hydrogen) atoms. The minimum Gasteiger partial charge on any atom is -0.449 e. The third kappa shape index (κ3) is 2.56. The maximum Gasteiger partial charge on any atom is 0.256 e. The molecule has 0 spiro atoms. The van der Waals surface area contributed by atoms with Crippen molar-refractivity contribution in [1.29, 1.82) is 0 Å². The molecule has 0 aliphatic rings. The topological polar surface area (TPSA) is 21.9 Å². The van der Waals surface area contributed by atoms with Crippen molar-refractivity contribution in [3.05, 3.63) is 90.6 Å². The number of pyridine rings is 1. The molecule has 0 unspecified atom stereocenters. The highest BCUT2D eigenvalue weighted by molar-refractivity contribution is 6.08. The second kappa shape index (κ2) is 6.58. The number of nitrogens with zero attached hydrogens (tertiary/aromatic N) is 2. The average molecular weight is 404 g/mol. The fourth-order valence-corrected chi connectivity index (χ4v) is 4.86. The lowest BCUT2D eigenvalue weighted by atomic mass is 9.96. The Balaban J connectivity index is 1.64. The summed E-state index contributed by atoms with van der Waals surface area (Å²) in [5.74, 6) is 0. The van der Waals surface area contributed by atoms with Crippen molar-refractivity contribution in [3.8, 4) is 22.5 Å². The van der Waals surface area contributed by atoms with Crippen molar-refractivity contribution < 1.29 is 8.98 Å². The first-order valence-corrected chi connectivity index (χ1v) is 10.6. The molecule has 0 atom stereocenters. The summed E-state index contributed by atoms with van der Waals surface area (Å²) in [5.41, 5.74) is 9.10. The van der Waals surface area contributed by atoms with Gasteiger partial charge in [-0.25, -0.2) is 0 Å². The van der Waals surface area contributed by atoms with E-state index in [0.717, 1.165) is 27.6 Å². The first-order valence-electron chi connectivity index (χ1n) is 10.6. The van der Waals surface area contributed by atoms with Gasteiger partial charge in [0.15, 0.2) is 6.20 Å². The first-order chi connectivity index (χ1) is 15.1. The van der Waals surface area contributed by atoms with Crippen molar-refractivity contribution in [2.45, 2.75) is 6.92 Å². The summed E-state index contributed by atoms with van der Waals surface area (Å²) in [7, 11) is 4.23. The highest BCUT2D eigenvalue weighted by atomic mass is 16.3. The van der Waals surface area contributed by atoms with Crippen LogP contribution < -0.4 is 4.57 Å². The Kier molecular flexibility index (Phi) is 3.81. The molecular formula is C28H23N2O+. The minimum absolute atomic E-state index is 0.924. The molecule has 0 saturated heterocycles. The van der Waals surface area contributed by atoms with Gasteiger partial charge >= 0.3 is 0 Å². The Morgan fingerprint density at radius 2 is 1.58 bits per heavy atom. The van der Waals surface area contributed by atoms with Crippen LogP contribution in [0.25, 0.3) is 55.4 Å². The maximum absolute atomic E-state index is 6.37. The van der Waals surface area contributed by atoms with Gasteiger partial charge in [0.2, 0.25) is 5.58 Å². The number of para-hydroxylation sites is 2. The molecular weight excluding hydrogens is 380 g/mol. The van der Waals surface area contributed by atoms with E-state index in [0.29, 0.717) is 0 Å². The predicted octanol–water partition coefficient (Wildman–Crippen LogP) is 6.54. The van der Waals surface area contributed by atoms with Gasteiger partial charge in [0.1, 0.15) is 12.6 Å². The lowest BCUT2D eigenvalue weighted by molar-refractivity contribution is -0.659. The largest absolute Gasteiger partial charge is 0.449 e. The standard InChI is InChI=1S/C28H23N2O/c1-18-20(25-17-19-9-4-6-13-24(19)30(25)3)11-8-12-21(18)27-28-23(15-16-29(27)2)22-10-5-7-14-26(22)31-28/h4-17H,1-3H3/q+1. The fourth-order valence-electron chi connectivity index (χ4n) is 4.86. The summed E-state index contributed by atoms with van der Waals surface area (Å²) in [6.45, 7) is 2.21. The van der Waals surface area contributed by atoms with Gasteiger partial charge in [-0.05, 0) is 36.8 Å². The van der Waals surface area contributed by atoms with E-state index in [2.05, 4.69) is 103 Å². The summed E-state index contributed by atoms with van der Waals surface area (Å²) >= 11 is 0. The fraction of sp³-hybridized carbons (Fsp3) is 0.107. The smallest absolute Gasteiger partial charge is 0.256 e. The van der Waals surface area contributed by atoms with E-state index in [4.69, 9.17) is 4.42 Å². The summed E-state index contributed by atoms with van der Waals surface area (Å²) in [6.07, 6.45) is 2.13. The number of fused-ring (bicyclic) bond motifs is 4. The summed E-state index contributed by atoms with van der Waals surface area (Å²) in [4.78, 5) is 0. The molecule has 0 aliphatic carbocycles. The van der Waals surface area contributed by atoms with Gasteiger partial charge in [-0.1, -0.05) is 48.5 Å². The van der Waals surface area contributed by atoms with Gasteiger partial charge in [0, 0.05) is 46.0 Å². The molecule has 6 aromatic rings. The van der Waals surface area contributed by atoms with Crippen molar-refractivity contribution >= 4 is 32.8 Å². The second-order valence-electron chi connectivity index (χ2n) is 8.24. The van der Waals surface area contributed by atoms with Gasteiger partial charge in [0.05, 0.1) is 5.56 Å². The SMILES string of the molecule is Cc1c(-c2cc3ccccc3n2C)cccc1-c1c2oc3ccccc3c2cc[n+]1C. The summed E-state index contributed by atoms with van der Waals surface area (Å²) in [6, 6.07) is 27.8. The third-order valence-corrected chi connectivity index (χ3v) is 6.48. The molecule has 150 valence electrons. The maximum atomic E-state index is 6.37. The van der Waals surface area contributed by atoms with Crippen molar-refractivity contribution in [3.63, 3.8) is 0 Å². The zero-order valence-electron chi connectivity index (χ0n) is 17.9. The molecule has 3 heterocycles. The van der Waals surface area contributed by atoms with E-state index >= 15 is 0 Å². The summed E-state index contributed by atoms with van der Waals surface area (Å²) in [5, 5.41) is 3.56. The highest BCUT2D eigenvalue weighted by Crippen LogP contribution is 2.38. The Morgan fingerprint density at radius 1 is 0.806 bits per heavy atom. The zero-order chi connectivity index (χ0) is 21.1. The molecule has 0 amide bonds. The van der Waals surface area contributed by atoms with E-state index in [1.54, 1.807) is 0 Å². The van der Waals surface area contributed by atoms with Crippen molar-refractivity contribution in [2.24, 2.45) is 14.1 Å². The van der Waals surface area contributed by atoms with Gasteiger partial charge in [-0.2, -0.15) is 4.57 Å². The molecule has 3 nitrogen and oxygen atoms in total. The number of furan rings is 1. The molecule has 3 aromatic heterocycles. The number of benzene rings is 3. The molecule has 6 rings (SSSR count). The Morgan fingerprint density at radius 3 is 2.45 bits per heavy atom. The number of hydrogen-bond donors (Lipinski definition) is 0. The highest BCUT2D eigenvalue weighted by Gasteiger charge is 2.23. The normalized spacial score (nSPS) is 11.7. The van der Waals surface area contributed by atoms with E-state index in [1.807, 2.05) is 12.1 Å². The van der Waals surface area contributed by atoms with Gasteiger partial charge in [-0.15, -0.1) is 0 Å². The number of aryl methyl sites for hydroxylation is 2. The van der Waals surface area contributed by atoms with E-state index in [1.165, 1.54) is 33.3 Å². The number of hydrogen-bond acceptors (Lipinski definition) is 1. The quantitative estimate of drug-likeness (QED) is 0.301. The summed E-state index contributed by atoms with van der Waals surface area (Å²) < 4.78 is 10.8. The molecule has 0 radical (unpaired) electrons. The van der Waals surface area contributed by atoms with E-state index < -0.39 is 0 Å². The molecule has 0 saturated carbocycles. The third-order valence-electron chi connectivity index (χ3n) is 6.48. The van der Waals surface area contributed by atoms with Crippen LogP contribution in [0.2, 0.25) is 0 Å². The average Bonchev–Trinajstić information content (AvgIpc) is 3.32. The lowest BCUT2D eigenvalue weighted by Gasteiger charge is -2.12. The van der Waals surface area contributed by atoms with Crippen LogP contribution in [-0.2, 0) is 14.1 Å². The first kappa shape index (κ1) is 18.0. The predicted molar refractivity (Wildman–Crippen MR) is 127 cm³/mol. The van der Waals surface area contributed by atoms with Gasteiger partial charge in [-0.3, -0.25) is 0 Å².